The van der Waals surface area contributed by atoms with Gasteiger partial charge in [0.2, 0.25) is 11.8 Å². The molecule has 1 aliphatic heterocycles. The molecular weight excluding hydrogens is 240 g/mol. The van der Waals surface area contributed by atoms with Crippen molar-refractivity contribution in [3.63, 3.8) is 0 Å². The predicted molar refractivity (Wildman–Crippen MR) is 72.3 cm³/mol. The van der Waals surface area contributed by atoms with Crippen LogP contribution in [0.2, 0.25) is 0 Å². The molecule has 1 saturated heterocycles. The lowest BCUT2D eigenvalue weighted by atomic mass is 9.88. The molecule has 0 bridgehead atoms. The summed E-state index contributed by atoms with van der Waals surface area (Å²) in [5, 5.41) is 3.03. The maximum Gasteiger partial charge on any atom is 0.249 e. The topological polar surface area (TPSA) is 49.4 Å². The van der Waals surface area contributed by atoms with Crippen molar-refractivity contribution in [2.24, 2.45) is 11.8 Å². The molecule has 104 valence electrons. The molecule has 19 heavy (non-hydrogen) atoms. The molecule has 0 aromatic rings. The van der Waals surface area contributed by atoms with Crippen molar-refractivity contribution in [1.82, 2.24) is 10.2 Å². The number of hydrogen-bond acceptors (Lipinski definition) is 2. The molecule has 0 aromatic heterocycles. The normalized spacial score (nSPS) is 35.9. The molecule has 2 atom stereocenters. The summed E-state index contributed by atoms with van der Waals surface area (Å²) < 4.78 is 0. The van der Waals surface area contributed by atoms with E-state index in [2.05, 4.69) is 5.32 Å². The van der Waals surface area contributed by atoms with Crippen LogP contribution in [0.1, 0.15) is 39.5 Å². The van der Waals surface area contributed by atoms with Gasteiger partial charge in [0.1, 0.15) is 11.6 Å². The van der Waals surface area contributed by atoms with E-state index in [-0.39, 0.29) is 17.9 Å². The van der Waals surface area contributed by atoms with Crippen molar-refractivity contribution >= 4 is 11.8 Å². The second-order valence-corrected chi connectivity index (χ2v) is 6.27. The number of nitrogens with one attached hydrogen (secondary N) is 1. The average molecular weight is 262 g/mol. The van der Waals surface area contributed by atoms with Gasteiger partial charge in [-0.25, -0.2) is 0 Å². The highest BCUT2D eigenvalue weighted by molar-refractivity contribution is 6.00. The largest absolute Gasteiger partial charge is 0.340 e. The first kappa shape index (κ1) is 12.7. The summed E-state index contributed by atoms with van der Waals surface area (Å²) in [6.45, 7) is 4.41. The summed E-state index contributed by atoms with van der Waals surface area (Å²) >= 11 is 0. The number of allylic oxidation sites excluding steroid dienone is 1. The van der Waals surface area contributed by atoms with Gasteiger partial charge in [-0.05, 0) is 51.4 Å². The molecule has 2 saturated carbocycles. The third kappa shape index (κ3) is 2.07. The van der Waals surface area contributed by atoms with Crippen molar-refractivity contribution in [1.29, 1.82) is 0 Å². The fourth-order valence-electron chi connectivity index (χ4n) is 3.18. The number of rotatable bonds is 4. The molecular formula is C15H22N2O2. The highest BCUT2D eigenvalue weighted by Crippen LogP contribution is 2.45. The molecule has 2 amide bonds. The number of hydrogen-bond donors (Lipinski definition) is 1. The van der Waals surface area contributed by atoms with Crippen LogP contribution in [-0.2, 0) is 9.59 Å². The van der Waals surface area contributed by atoms with Crippen LogP contribution >= 0.6 is 0 Å². The van der Waals surface area contributed by atoms with E-state index < -0.39 is 5.54 Å². The average Bonchev–Trinajstić information content (AvgIpc) is 3.23. The van der Waals surface area contributed by atoms with Crippen molar-refractivity contribution in [3.8, 4) is 0 Å². The van der Waals surface area contributed by atoms with E-state index in [0.29, 0.717) is 18.4 Å². The number of nitrogens with zero attached hydrogens (tertiary/aromatic N) is 1. The Balaban J connectivity index is 1.88. The lowest BCUT2D eigenvalue weighted by molar-refractivity contribution is -0.155. The first-order valence-electron chi connectivity index (χ1n) is 7.32. The summed E-state index contributed by atoms with van der Waals surface area (Å²) in [4.78, 5) is 27.0. The SMILES string of the molecule is C/C=C/CN1C(=O)C(C)(C2CC2)NC(=O)C1C1CC1. The Kier molecular flexibility index (Phi) is 2.91. The molecule has 1 N–H and O–H groups in total. The zero-order valence-corrected chi connectivity index (χ0v) is 11.7. The minimum absolute atomic E-state index is 0.0565. The number of carbonyl (C=O) groups is 2. The maximum atomic E-state index is 12.8. The first-order valence-corrected chi connectivity index (χ1v) is 7.32. The van der Waals surface area contributed by atoms with Crippen LogP contribution in [0.3, 0.4) is 0 Å². The third-order valence-corrected chi connectivity index (χ3v) is 4.69. The summed E-state index contributed by atoms with van der Waals surface area (Å²) in [5.74, 6) is 0.876. The standard InChI is InChI=1S/C15H22N2O2/c1-3-4-9-17-12(10-5-6-10)13(18)16-15(2,14(17)19)11-7-8-11/h3-4,10-12H,5-9H2,1-2H3,(H,16,18)/b4-3+. The Labute approximate surface area is 114 Å². The van der Waals surface area contributed by atoms with E-state index in [0.717, 1.165) is 25.7 Å². The molecule has 1 heterocycles. The Morgan fingerprint density at radius 2 is 2.00 bits per heavy atom. The minimum Gasteiger partial charge on any atom is -0.340 e. The van der Waals surface area contributed by atoms with Gasteiger partial charge in [0.05, 0.1) is 0 Å². The smallest absolute Gasteiger partial charge is 0.249 e. The van der Waals surface area contributed by atoms with Crippen LogP contribution in [0.4, 0.5) is 0 Å². The summed E-state index contributed by atoms with van der Waals surface area (Å²) in [7, 11) is 0. The fraction of sp³-hybridized carbons (Fsp3) is 0.733. The van der Waals surface area contributed by atoms with Gasteiger partial charge in [0, 0.05) is 6.54 Å². The van der Waals surface area contributed by atoms with Gasteiger partial charge in [-0.3, -0.25) is 9.59 Å². The molecule has 3 aliphatic rings. The van der Waals surface area contributed by atoms with Gasteiger partial charge >= 0.3 is 0 Å². The van der Waals surface area contributed by atoms with E-state index in [1.54, 1.807) is 0 Å². The molecule has 3 rings (SSSR count). The Bertz CT molecular complexity index is 437. The second kappa shape index (κ2) is 4.36. The number of carbonyl (C=O) groups excluding carboxylic acids is 2. The van der Waals surface area contributed by atoms with Crippen LogP contribution < -0.4 is 5.32 Å². The zero-order valence-electron chi connectivity index (χ0n) is 11.7. The van der Waals surface area contributed by atoms with E-state index in [4.69, 9.17) is 0 Å². The van der Waals surface area contributed by atoms with Crippen LogP contribution in [0.5, 0.6) is 0 Å². The van der Waals surface area contributed by atoms with Crippen LogP contribution in [0, 0.1) is 11.8 Å². The highest BCUT2D eigenvalue weighted by Gasteiger charge is 2.57. The molecule has 3 fully saturated rings. The van der Waals surface area contributed by atoms with Gasteiger partial charge in [-0.15, -0.1) is 0 Å². The number of amides is 2. The molecule has 0 radical (unpaired) electrons. The van der Waals surface area contributed by atoms with Crippen molar-refractivity contribution < 1.29 is 9.59 Å². The molecule has 4 nitrogen and oxygen atoms in total. The van der Waals surface area contributed by atoms with Crippen LogP contribution in [-0.4, -0.2) is 34.8 Å². The van der Waals surface area contributed by atoms with Gasteiger partial charge < -0.3 is 10.2 Å². The van der Waals surface area contributed by atoms with Crippen LogP contribution in [0.25, 0.3) is 0 Å². The zero-order chi connectivity index (χ0) is 13.6. The molecule has 0 aromatic carbocycles. The summed E-state index contributed by atoms with van der Waals surface area (Å²) in [6, 6.07) is -0.240. The summed E-state index contributed by atoms with van der Waals surface area (Å²) in [5.41, 5.74) is -0.663. The minimum atomic E-state index is -0.663. The molecule has 2 unspecified atom stereocenters. The van der Waals surface area contributed by atoms with Gasteiger partial charge in [0.15, 0.2) is 0 Å². The van der Waals surface area contributed by atoms with Crippen LogP contribution in [0.15, 0.2) is 12.2 Å². The molecule has 0 spiro atoms. The van der Waals surface area contributed by atoms with E-state index >= 15 is 0 Å². The lowest BCUT2D eigenvalue weighted by Crippen LogP contribution is -2.70. The fourth-order valence-corrected chi connectivity index (χ4v) is 3.18. The predicted octanol–water partition coefficient (Wildman–Crippen LogP) is 1.47. The Morgan fingerprint density at radius 3 is 2.53 bits per heavy atom. The second-order valence-electron chi connectivity index (χ2n) is 6.27. The Morgan fingerprint density at radius 1 is 1.32 bits per heavy atom. The first-order chi connectivity index (χ1) is 9.08. The molecule has 4 heteroatoms. The van der Waals surface area contributed by atoms with Gasteiger partial charge in [-0.1, -0.05) is 12.2 Å². The lowest BCUT2D eigenvalue weighted by Gasteiger charge is -2.44. The van der Waals surface area contributed by atoms with E-state index in [1.807, 2.05) is 30.9 Å². The van der Waals surface area contributed by atoms with E-state index in [9.17, 15) is 9.59 Å². The third-order valence-electron chi connectivity index (χ3n) is 4.69. The molecule has 2 aliphatic carbocycles. The van der Waals surface area contributed by atoms with Crippen molar-refractivity contribution in [2.75, 3.05) is 6.54 Å². The monoisotopic (exact) mass is 262 g/mol. The van der Waals surface area contributed by atoms with Crippen molar-refractivity contribution in [2.45, 2.75) is 51.1 Å². The number of piperazine rings is 1. The highest BCUT2D eigenvalue weighted by atomic mass is 16.2. The van der Waals surface area contributed by atoms with Crippen molar-refractivity contribution in [3.05, 3.63) is 12.2 Å². The van der Waals surface area contributed by atoms with Gasteiger partial charge in [-0.2, -0.15) is 0 Å². The quantitative estimate of drug-likeness (QED) is 0.780. The van der Waals surface area contributed by atoms with E-state index in [1.165, 1.54) is 0 Å². The Hall–Kier alpha value is -1.32. The van der Waals surface area contributed by atoms with Gasteiger partial charge in [0.25, 0.3) is 0 Å². The maximum absolute atomic E-state index is 12.8. The summed E-state index contributed by atoms with van der Waals surface area (Å²) in [6.07, 6.45) is 8.15.